The highest BCUT2D eigenvalue weighted by Gasteiger charge is 2.34. The minimum Gasteiger partial charge on any atom is -0.379 e. The van der Waals surface area contributed by atoms with E-state index in [9.17, 15) is 4.79 Å². The molecule has 0 saturated carbocycles. The van der Waals surface area contributed by atoms with Crippen LogP contribution in [0.25, 0.3) is 0 Å². The van der Waals surface area contributed by atoms with E-state index in [4.69, 9.17) is 4.74 Å². The van der Waals surface area contributed by atoms with Crippen molar-refractivity contribution in [2.75, 3.05) is 50.5 Å². The molecule has 0 spiro atoms. The SMILES string of the molecule is CSc1ncc(C(=O)N2CC(CN3CCOCC3)c3ccccc32)cn1. The number of hydrogen-bond acceptors (Lipinski definition) is 6. The van der Waals surface area contributed by atoms with Crippen LogP contribution < -0.4 is 4.90 Å². The fraction of sp³-hybridized carbons (Fsp3) is 0.421. The van der Waals surface area contributed by atoms with Crippen LogP contribution in [0.3, 0.4) is 0 Å². The van der Waals surface area contributed by atoms with E-state index in [0.717, 1.165) is 38.5 Å². The van der Waals surface area contributed by atoms with E-state index in [0.29, 0.717) is 23.2 Å². The van der Waals surface area contributed by atoms with E-state index in [1.807, 2.05) is 23.3 Å². The van der Waals surface area contributed by atoms with Crippen molar-refractivity contribution >= 4 is 23.4 Å². The summed E-state index contributed by atoms with van der Waals surface area (Å²) >= 11 is 1.47. The molecule has 1 saturated heterocycles. The smallest absolute Gasteiger partial charge is 0.261 e. The van der Waals surface area contributed by atoms with Crippen molar-refractivity contribution in [3.05, 3.63) is 47.8 Å². The molecule has 7 heteroatoms. The molecule has 0 bridgehead atoms. The molecule has 4 rings (SSSR count). The Morgan fingerprint density at radius 3 is 2.69 bits per heavy atom. The summed E-state index contributed by atoms with van der Waals surface area (Å²) in [6, 6.07) is 8.21. The quantitative estimate of drug-likeness (QED) is 0.608. The van der Waals surface area contributed by atoms with Gasteiger partial charge in [0.25, 0.3) is 5.91 Å². The average Bonchev–Trinajstić information content (AvgIpc) is 3.07. The van der Waals surface area contributed by atoms with Crippen LogP contribution in [0, 0.1) is 0 Å². The van der Waals surface area contributed by atoms with Gasteiger partial charge in [-0.05, 0) is 17.9 Å². The first-order valence-corrected chi connectivity index (χ1v) is 10.1. The molecule has 6 nitrogen and oxygen atoms in total. The van der Waals surface area contributed by atoms with Crippen molar-refractivity contribution in [2.45, 2.75) is 11.1 Å². The standard InChI is InChI=1S/C19H22N4O2S/c1-26-19-20-10-14(11-21-19)18(24)23-13-15(12-22-6-8-25-9-7-22)16-4-2-3-5-17(16)23/h2-5,10-11,15H,6-9,12-13H2,1H3. The Morgan fingerprint density at radius 2 is 1.96 bits per heavy atom. The van der Waals surface area contributed by atoms with Crippen LogP contribution in [-0.4, -0.2) is 66.4 Å². The number of fused-ring (bicyclic) bond motifs is 1. The first kappa shape index (κ1) is 17.5. The van der Waals surface area contributed by atoms with Gasteiger partial charge in [-0.2, -0.15) is 0 Å². The second-order valence-electron chi connectivity index (χ2n) is 6.54. The number of ether oxygens (including phenoxy) is 1. The number of carbonyl (C=O) groups excluding carboxylic acids is 1. The number of anilines is 1. The van der Waals surface area contributed by atoms with Gasteiger partial charge in [0.1, 0.15) is 0 Å². The van der Waals surface area contributed by atoms with Crippen LogP contribution in [0.5, 0.6) is 0 Å². The predicted octanol–water partition coefficient (Wildman–Crippen LogP) is 2.27. The number of aromatic nitrogens is 2. The lowest BCUT2D eigenvalue weighted by Crippen LogP contribution is -2.40. The number of para-hydroxylation sites is 1. The second-order valence-corrected chi connectivity index (χ2v) is 7.32. The number of thioether (sulfide) groups is 1. The van der Waals surface area contributed by atoms with Gasteiger partial charge in [-0.1, -0.05) is 30.0 Å². The molecule has 0 aliphatic carbocycles. The van der Waals surface area contributed by atoms with Gasteiger partial charge in [-0.15, -0.1) is 0 Å². The average molecular weight is 370 g/mol. The molecule has 0 radical (unpaired) electrons. The summed E-state index contributed by atoms with van der Waals surface area (Å²) in [4.78, 5) is 25.8. The van der Waals surface area contributed by atoms with Gasteiger partial charge >= 0.3 is 0 Å². The van der Waals surface area contributed by atoms with E-state index < -0.39 is 0 Å². The van der Waals surface area contributed by atoms with Gasteiger partial charge in [0.2, 0.25) is 0 Å². The van der Waals surface area contributed by atoms with Crippen molar-refractivity contribution in [1.29, 1.82) is 0 Å². The molecule has 1 fully saturated rings. The summed E-state index contributed by atoms with van der Waals surface area (Å²) in [5.41, 5.74) is 2.78. The number of nitrogens with zero attached hydrogens (tertiary/aromatic N) is 4. The van der Waals surface area contributed by atoms with Crippen LogP contribution >= 0.6 is 11.8 Å². The molecular formula is C19H22N4O2S. The highest BCUT2D eigenvalue weighted by molar-refractivity contribution is 7.98. The lowest BCUT2D eigenvalue weighted by Gasteiger charge is -2.29. The van der Waals surface area contributed by atoms with Gasteiger partial charge < -0.3 is 9.64 Å². The molecule has 1 aromatic carbocycles. The summed E-state index contributed by atoms with van der Waals surface area (Å²) in [5.74, 6) is 0.286. The fourth-order valence-corrected chi connectivity index (χ4v) is 3.94. The summed E-state index contributed by atoms with van der Waals surface area (Å²) in [7, 11) is 0. The van der Waals surface area contributed by atoms with E-state index in [-0.39, 0.29) is 5.91 Å². The highest BCUT2D eigenvalue weighted by Crippen LogP contribution is 2.37. The van der Waals surface area contributed by atoms with Crippen molar-refractivity contribution in [3.63, 3.8) is 0 Å². The molecule has 2 aliphatic rings. The second kappa shape index (κ2) is 7.73. The molecule has 136 valence electrons. The molecule has 3 heterocycles. The molecule has 2 aliphatic heterocycles. The van der Waals surface area contributed by atoms with Gasteiger partial charge in [0, 0.05) is 50.2 Å². The fourth-order valence-electron chi connectivity index (χ4n) is 3.63. The van der Waals surface area contributed by atoms with Crippen LogP contribution in [0.15, 0.2) is 41.8 Å². The summed E-state index contributed by atoms with van der Waals surface area (Å²) in [6.07, 6.45) is 5.17. The zero-order valence-electron chi connectivity index (χ0n) is 14.8. The zero-order valence-corrected chi connectivity index (χ0v) is 15.6. The lowest BCUT2D eigenvalue weighted by molar-refractivity contribution is 0.0356. The number of hydrogen-bond donors (Lipinski definition) is 0. The minimum absolute atomic E-state index is 0.0328. The summed E-state index contributed by atoms with van der Waals surface area (Å²) in [6.45, 7) is 5.13. The van der Waals surface area contributed by atoms with E-state index in [1.165, 1.54) is 17.3 Å². The molecule has 26 heavy (non-hydrogen) atoms. The molecule has 1 amide bonds. The topological polar surface area (TPSA) is 58.6 Å². The van der Waals surface area contributed by atoms with Crippen LogP contribution in [0.4, 0.5) is 5.69 Å². The summed E-state index contributed by atoms with van der Waals surface area (Å²) < 4.78 is 5.45. The van der Waals surface area contributed by atoms with Crippen molar-refractivity contribution in [3.8, 4) is 0 Å². The third-order valence-corrected chi connectivity index (χ3v) is 5.53. The van der Waals surface area contributed by atoms with Crippen LogP contribution in [0.1, 0.15) is 21.8 Å². The highest BCUT2D eigenvalue weighted by atomic mass is 32.2. The maximum absolute atomic E-state index is 13.1. The first-order chi connectivity index (χ1) is 12.8. The van der Waals surface area contributed by atoms with E-state index in [2.05, 4.69) is 27.0 Å². The van der Waals surface area contributed by atoms with Crippen LogP contribution in [0.2, 0.25) is 0 Å². The zero-order chi connectivity index (χ0) is 17.9. The third-order valence-electron chi connectivity index (χ3n) is 4.96. The van der Waals surface area contributed by atoms with E-state index in [1.54, 1.807) is 12.4 Å². The minimum atomic E-state index is -0.0328. The molecular weight excluding hydrogens is 348 g/mol. The molecule has 1 unspecified atom stereocenters. The van der Waals surface area contributed by atoms with E-state index >= 15 is 0 Å². The van der Waals surface area contributed by atoms with Crippen molar-refractivity contribution < 1.29 is 9.53 Å². The summed E-state index contributed by atoms with van der Waals surface area (Å²) in [5, 5.41) is 0.675. The maximum atomic E-state index is 13.1. The van der Waals surface area contributed by atoms with Crippen LogP contribution in [-0.2, 0) is 4.74 Å². The Hall–Kier alpha value is -1.96. The number of rotatable bonds is 4. The van der Waals surface area contributed by atoms with Gasteiger partial charge in [0.05, 0.1) is 18.8 Å². The number of benzene rings is 1. The predicted molar refractivity (Wildman–Crippen MR) is 102 cm³/mol. The van der Waals surface area contributed by atoms with Crippen molar-refractivity contribution in [2.24, 2.45) is 0 Å². The Balaban J connectivity index is 1.55. The number of amides is 1. The molecule has 0 N–H and O–H groups in total. The lowest BCUT2D eigenvalue weighted by atomic mass is 10.0. The first-order valence-electron chi connectivity index (χ1n) is 8.83. The number of carbonyl (C=O) groups is 1. The molecule has 1 aromatic heterocycles. The Labute approximate surface area is 157 Å². The molecule has 2 aromatic rings. The Kier molecular flexibility index (Phi) is 5.19. The maximum Gasteiger partial charge on any atom is 0.261 e. The normalized spacial score (nSPS) is 20.2. The molecule has 1 atom stereocenters. The van der Waals surface area contributed by atoms with Gasteiger partial charge in [-0.25, -0.2) is 9.97 Å². The van der Waals surface area contributed by atoms with Gasteiger partial charge in [0.15, 0.2) is 5.16 Å². The van der Waals surface area contributed by atoms with Crippen molar-refractivity contribution in [1.82, 2.24) is 14.9 Å². The largest absolute Gasteiger partial charge is 0.379 e. The Bertz CT molecular complexity index is 777. The third kappa shape index (κ3) is 3.47. The Morgan fingerprint density at radius 1 is 1.23 bits per heavy atom. The monoisotopic (exact) mass is 370 g/mol. The number of morpholine rings is 1. The van der Waals surface area contributed by atoms with Gasteiger partial charge in [-0.3, -0.25) is 9.69 Å².